The molecule has 1 N–H and O–H groups in total. The fourth-order valence-corrected chi connectivity index (χ4v) is 2.64. The van der Waals surface area contributed by atoms with E-state index in [2.05, 4.69) is 25.3 Å². The molecule has 0 unspecified atom stereocenters. The summed E-state index contributed by atoms with van der Waals surface area (Å²) in [5, 5.41) is 3.91. The second-order valence-electron chi connectivity index (χ2n) is 5.76. The molecular weight excluding hydrogens is 346 g/mol. The van der Waals surface area contributed by atoms with Crippen LogP contribution in [0.4, 0.5) is 11.9 Å². The zero-order chi connectivity index (χ0) is 19.4. The lowest BCUT2D eigenvalue weighted by molar-refractivity contribution is 0.0524. The van der Waals surface area contributed by atoms with Gasteiger partial charge in [-0.25, -0.2) is 24.7 Å². The van der Waals surface area contributed by atoms with Crippen LogP contribution in [0.5, 0.6) is 5.75 Å². The molecule has 0 fully saturated rings. The minimum absolute atomic E-state index is 0.296. The minimum atomic E-state index is -0.444. The summed E-state index contributed by atoms with van der Waals surface area (Å²) in [7, 11) is 0. The molecule has 0 spiro atoms. The van der Waals surface area contributed by atoms with E-state index in [1.807, 2.05) is 32.0 Å². The summed E-state index contributed by atoms with van der Waals surface area (Å²) in [6, 6.07) is 5.74. The number of anilines is 2. The van der Waals surface area contributed by atoms with Crippen molar-refractivity contribution in [3.63, 3.8) is 0 Å². The zero-order valence-electron chi connectivity index (χ0n) is 15.7. The maximum Gasteiger partial charge on any atom is 0.341 e. The monoisotopic (exact) mass is 367 g/mol. The van der Waals surface area contributed by atoms with Crippen molar-refractivity contribution in [2.45, 2.75) is 27.7 Å². The van der Waals surface area contributed by atoms with E-state index >= 15 is 0 Å². The Morgan fingerprint density at radius 2 is 1.81 bits per heavy atom. The predicted octanol–water partition coefficient (Wildman–Crippen LogP) is 3.36. The number of aryl methyl sites for hydroxylation is 2. The molecule has 1 aromatic carbocycles. The number of carbonyl (C=O) groups is 1. The highest BCUT2D eigenvalue weighted by Crippen LogP contribution is 2.27. The van der Waals surface area contributed by atoms with Gasteiger partial charge >= 0.3 is 5.97 Å². The Hall–Kier alpha value is -3.29. The number of ether oxygens (including phenoxy) is 2. The van der Waals surface area contributed by atoms with Gasteiger partial charge in [-0.05, 0) is 33.8 Å². The lowest BCUT2D eigenvalue weighted by Crippen LogP contribution is -2.11. The molecule has 0 saturated carbocycles. The summed E-state index contributed by atoms with van der Waals surface area (Å²) in [5.41, 5.74) is 2.37. The summed E-state index contributed by atoms with van der Waals surface area (Å²) in [4.78, 5) is 29.4. The van der Waals surface area contributed by atoms with Crippen molar-refractivity contribution in [2.75, 3.05) is 18.5 Å². The number of fused-ring (bicyclic) bond motifs is 1. The summed E-state index contributed by atoms with van der Waals surface area (Å²) < 4.78 is 10.7. The van der Waals surface area contributed by atoms with E-state index in [0.717, 1.165) is 11.1 Å². The Balaban J connectivity index is 1.93. The minimum Gasteiger partial charge on any atom is -0.492 e. The standard InChI is InChI=1S/C19H21N5O3/c1-5-26-15-9-7-8-13-11(3)22-19(23-16(13)15)24-18-20-10-14(12(4)21-18)17(25)27-6-2/h7-10H,5-6H2,1-4H3,(H,20,21,22,23,24). The topological polar surface area (TPSA) is 99.1 Å². The van der Waals surface area contributed by atoms with Gasteiger partial charge in [0.1, 0.15) is 11.3 Å². The number of rotatable bonds is 6. The van der Waals surface area contributed by atoms with Crippen LogP contribution in [0, 0.1) is 13.8 Å². The lowest BCUT2D eigenvalue weighted by atomic mass is 10.2. The molecule has 0 aliphatic heterocycles. The van der Waals surface area contributed by atoms with Gasteiger partial charge in [0.15, 0.2) is 0 Å². The molecule has 140 valence electrons. The fourth-order valence-electron chi connectivity index (χ4n) is 2.64. The second-order valence-corrected chi connectivity index (χ2v) is 5.76. The van der Waals surface area contributed by atoms with E-state index < -0.39 is 5.97 Å². The predicted molar refractivity (Wildman–Crippen MR) is 101 cm³/mol. The van der Waals surface area contributed by atoms with Crippen molar-refractivity contribution in [3.05, 3.63) is 41.3 Å². The molecule has 8 nitrogen and oxygen atoms in total. The second kappa shape index (κ2) is 7.94. The molecule has 3 aromatic rings. The van der Waals surface area contributed by atoms with Gasteiger partial charge in [0.2, 0.25) is 11.9 Å². The maximum atomic E-state index is 11.9. The van der Waals surface area contributed by atoms with Crippen LogP contribution in [0.15, 0.2) is 24.4 Å². The molecule has 0 saturated heterocycles. The van der Waals surface area contributed by atoms with Gasteiger partial charge in [0.05, 0.1) is 30.2 Å². The Bertz CT molecular complexity index is 990. The number of para-hydroxylation sites is 1. The van der Waals surface area contributed by atoms with Crippen molar-refractivity contribution in [1.29, 1.82) is 0 Å². The van der Waals surface area contributed by atoms with E-state index in [-0.39, 0.29) is 0 Å². The number of esters is 1. The molecule has 0 atom stereocenters. The molecular formula is C19H21N5O3. The molecule has 2 aromatic heterocycles. The highest BCUT2D eigenvalue weighted by molar-refractivity contribution is 5.90. The van der Waals surface area contributed by atoms with Gasteiger partial charge in [-0.15, -0.1) is 0 Å². The fraction of sp³-hybridized carbons (Fsp3) is 0.316. The number of carbonyl (C=O) groups excluding carboxylic acids is 1. The van der Waals surface area contributed by atoms with Crippen molar-refractivity contribution >= 4 is 28.8 Å². The highest BCUT2D eigenvalue weighted by atomic mass is 16.5. The van der Waals surface area contributed by atoms with Gasteiger partial charge in [0.25, 0.3) is 0 Å². The molecule has 0 bridgehead atoms. The number of aromatic nitrogens is 4. The van der Waals surface area contributed by atoms with Crippen LogP contribution in [0.3, 0.4) is 0 Å². The first-order valence-electron chi connectivity index (χ1n) is 8.71. The quantitative estimate of drug-likeness (QED) is 0.662. The smallest absolute Gasteiger partial charge is 0.341 e. The van der Waals surface area contributed by atoms with Crippen LogP contribution < -0.4 is 10.1 Å². The lowest BCUT2D eigenvalue weighted by Gasteiger charge is -2.11. The molecule has 2 heterocycles. The van der Waals surface area contributed by atoms with Gasteiger partial charge in [0, 0.05) is 11.6 Å². The number of nitrogens with zero attached hydrogens (tertiary/aromatic N) is 4. The normalized spacial score (nSPS) is 10.7. The molecule has 0 aliphatic carbocycles. The molecule has 27 heavy (non-hydrogen) atoms. The first kappa shape index (κ1) is 18.5. The van der Waals surface area contributed by atoms with Crippen molar-refractivity contribution in [3.8, 4) is 5.75 Å². The number of hydrogen-bond donors (Lipinski definition) is 1. The molecule has 0 radical (unpaired) electrons. The summed E-state index contributed by atoms with van der Waals surface area (Å²) >= 11 is 0. The van der Waals surface area contributed by atoms with E-state index in [4.69, 9.17) is 9.47 Å². The van der Waals surface area contributed by atoms with Crippen LogP contribution >= 0.6 is 0 Å². The summed E-state index contributed by atoms with van der Waals surface area (Å²) in [5.74, 6) is 0.905. The van der Waals surface area contributed by atoms with Crippen molar-refractivity contribution < 1.29 is 14.3 Å². The average molecular weight is 367 g/mol. The van der Waals surface area contributed by atoms with E-state index in [0.29, 0.717) is 47.6 Å². The van der Waals surface area contributed by atoms with Gasteiger partial charge in [-0.1, -0.05) is 12.1 Å². The van der Waals surface area contributed by atoms with E-state index in [9.17, 15) is 4.79 Å². The van der Waals surface area contributed by atoms with E-state index in [1.54, 1.807) is 13.8 Å². The zero-order valence-corrected chi connectivity index (χ0v) is 15.7. The number of nitrogens with one attached hydrogen (secondary N) is 1. The maximum absolute atomic E-state index is 11.9. The summed E-state index contributed by atoms with van der Waals surface area (Å²) in [6.07, 6.45) is 1.43. The first-order chi connectivity index (χ1) is 13.0. The Kier molecular flexibility index (Phi) is 5.44. The third kappa shape index (κ3) is 3.94. The Morgan fingerprint density at radius 3 is 2.52 bits per heavy atom. The molecule has 0 amide bonds. The molecule has 3 rings (SSSR count). The summed E-state index contributed by atoms with van der Waals surface area (Å²) in [6.45, 7) is 8.14. The van der Waals surface area contributed by atoms with Crippen LogP contribution in [-0.4, -0.2) is 39.1 Å². The van der Waals surface area contributed by atoms with Crippen LogP contribution in [0.25, 0.3) is 10.9 Å². The van der Waals surface area contributed by atoms with Crippen LogP contribution in [-0.2, 0) is 4.74 Å². The third-order valence-electron chi connectivity index (χ3n) is 3.88. The first-order valence-corrected chi connectivity index (χ1v) is 8.71. The highest BCUT2D eigenvalue weighted by Gasteiger charge is 2.14. The average Bonchev–Trinajstić information content (AvgIpc) is 2.63. The SMILES string of the molecule is CCOC(=O)c1cnc(Nc2nc(C)c3cccc(OCC)c3n2)nc1C. The number of benzene rings is 1. The van der Waals surface area contributed by atoms with Crippen LogP contribution in [0.1, 0.15) is 35.6 Å². The van der Waals surface area contributed by atoms with Crippen molar-refractivity contribution in [2.24, 2.45) is 0 Å². The van der Waals surface area contributed by atoms with Crippen molar-refractivity contribution in [1.82, 2.24) is 19.9 Å². The van der Waals surface area contributed by atoms with Gasteiger partial charge in [-0.2, -0.15) is 0 Å². The van der Waals surface area contributed by atoms with Gasteiger partial charge < -0.3 is 9.47 Å². The Morgan fingerprint density at radius 1 is 1.04 bits per heavy atom. The van der Waals surface area contributed by atoms with Crippen LogP contribution in [0.2, 0.25) is 0 Å². The number of hydrogen-bond acceptors (Lipinski definition) is 8. The van der Waals surface area contributed by atoms with E-state index in [1.165, 1.54) is 6.20 Å². The largest absolute Gasteiger partial charge is 0.492 e. The molecule has 0 aliphatic rings. The third-order valence-corrected chi connectivity index (χ3v) is 3.88. The Labute approximate surface area is 157 Å². The molecule has 8 heteroatoms. The van der Waals surface area contributed by atoms with Gasteiger partial charge in [-0.3, -0.25) is 5.32 Å².